The van der Waals surface area contributed by atoms with Gasteiger partial charge in [-0.2, -0.15) is 18.2 Å². The number of halogens is 3. The van der Waals surface area contributed by atoms with E-state index in [1.807, 2.05) is 0 Å². The number of aromatic nitrogens is 3. The van der Waals surface area contributed by atoms with Crippen molar-refractivity contribution in [2.45, 2.75) is 24.2 Å². The third-order valence-electron chi connectivity index (χ3n) is 4.68. The molecule has 0 bridgehead atoms. The molecule has 0 aliphatic carbocycles. The first kappa shape index (κ1) is 22.5. The number of sulfone groups is 1. The first-order chi connectivity index (χ1) is 15.5. The van der Waals surface area contributed by atoms with Gasteiger partial charge >= 0.3 is 6.18 Å². The Morgan fingerprint density at radius 3 is 2.67 bits per heavy atom. The van der Waals surface area contributed by atoms with Crippen LogP contribution in [0, 0.1) is 0 Å². The zero-order chi connectivity index (χ0) is 23.8. The van der Waals surface area contributed by atoms with Crippen LogP contribution in [0.5, 0.6) is 0 Å². The molecule has 0 unspecified atom stereocenters. The Morgan fingerprint density at radius 1 is 1.15 bits per heavy atom. The summed E-state index contributed by atoms with van der Waals surface area (Å²) in [5.41, 5.74) is 1.04. The number of carbonyl (C=O) groups excluding carboxylic acids is 1. The van der Waals surface area contributed by atoms with Crippen molar-refractivity contribution in [2.75, 3.05) is 22.2 Å². The summed E-state index contributed by atoms with van der Waals surface area (Å²) in [6.45, 7) is -0.199. The van der Waals surface area contributed by atoms with Gasteiger partial charge in [0.2, 0.25) is 11.9 Å². The number of pyridine rings is 1. The van der Waals surface area contributed by atoms with Gasteiger partial charge in [0.05, 0.1) is 18.7 Å². The number of nitrogens with zero attached hydrogens (tertiary/aromatic N) is 3. The predicted molar refractivity (Wildman–Crippen MR) is 114 cm³/mol. The van der Waals surface area contributed by atoms with Gasteiger partial charge in [-0.1, -0.05) is 6.07 Å². The van der Waals surface area contributed by atoms with E-state index in [-0.39, 0.29) is 35.5 Å². The first-order valence-electron chi connectivity index (χ1n) is 9.53. The minimum Gasteiger partial charge on any atom is -0.364 e. The molecule has 1 aliphatic rings. The Hall–Kier alpha value is -3.74. The Kier molecular flexibility index (Phi) is 5.66. The molecule has 0 radical (unpaired) electrons. The molecule has 0 atom stereocenters. The maximum absolute atomic E-state index is 13.5. The molecule has 0 saturated heterocycles. The Bertz CT molecular complexity index is 1350. The molecule has 33 heavy (non-hydrogen) atoms. The van der Waals surface area contributed by atoms with Gasteiger partial charge in [-0.15, -0.1) is 0 Å². The molecule has 1 aromatic carbocycles. The standard InChI is InChI=1S/C20H17F3N6O3S/c1-33(31,32)17-4-2-3-13(26-17)9-24-18-14(20(21,22)23)10-25-19(29-18)27-12-5-6-15-11(7-12)8-16(30)28-15/h2-7,10H,8-9H2,1H3,(H,28,30)(H2,24,25,27,29). The summed E-state index contributed by atoms with van der Waals surface area (Å²) in [6, 6.07) is 9.22. The number of anilines is 4. The number of amides is 1. The van der Waals surface area contributed by atoms with Crippen molar-refractivity contribution in [3.63, 3.8) is 0 Å². The second-order valence-electron chi connectivity index (χ2n) is 7.27. The van der Waals surface area contributed by atoms with E-state index in [0.29, 0.717) is 17.6 Å². The molecule has 9 nitrogen and oxygen atoms in total. The highest BCUT2D eigenvalue weighted by Crippen LogP contribution is 2.34. The van der Waals surface area contributed by atoms with Gasteiger partial charge in [-0.25, -0.2) is 18.4 Å². The van der Waals surface area contributed by atoms with E-state index < -0.39 is 27.4 Å². The van der Waals surface area contributed by atoms with Crippen molar-refractivity contribution in [1.82, 2.24) is 15.0 Å². The van der Waals surface area contributed by atoms with Gasteiger partial charge in [-0.05, 0) is 35.9 Å². The summed E-state index contributed by atoms with van der Waals surface area (Å²) in [7, 11) is -3.57. The smallest absolute Gasteiger partial charge is 0.364 e. The fraction of sp³-hybridized carbons (Fsp3) is 0.200. The number of fused-ring (bicyclic) bond motifs is 1. The average molecular weight is 478 g/mol. The third-order valence-corrected chi connectivity index (χ3v) is 5.67. The van der Waals surface area contributed by atoms with Crippen molar-refractivity contribution in [1.29, 1.82) is 0 Å². The molecule has 3 aromatic rings. The Morgan fingerprint density at radius 2 is 1.94 bits per heavy atom. The maximum atomic E-state index is 13.5. The lowest BCUT2D eigenvalue weighted by molar-refractivity contribution is -0.137. The number of hydrogen-bond donors (Lipinski definition) is 3. The lowest BCUT2D eigenvalue weighted by Crippen LogP contribution is -2.15. The topological polar surface area (TPSA) is 126 Å². The molecule has 1 amide bonds. The van der Waals surface area contributed by atoms with Gasteiger partial charge in [-0.3, -0.25) is 4.79 Å². The third kappa shape index (κ3) is 5.19. The minimum atomic E-state index is -4.72. The maximum Gasteiger partial charge on any atom is 0.421 e. The minimum absolute atomic E-state index is 0.0967. The highest BCUT2D eigenvalue weighted by Gasteiger charge is 2.35. The summed E-state index contributed by atoms with van der Waals surface area (Å²) in [4.78, 5) is 23.2. The zero-order valence-corrected chi connectivity index (χ0v) is 17.9. The molecule has 172 valence electrons. The molecular weight excluding hydrogens is 461 g/mol. The number of rotatable bonds is 6. The van der Waals surface area contributed by atoms with Crippen LogP contribution < -0.4 is 16.0 Å². The van der Waals surface area contributed by atoms with Crippen molar-refractivity contribution < 1.29 is 26.4 Å². The average Bonchev–Trinajstić information content (AvgIpc) is 3.10. The second kappa shape index (κ2) is 8.31. The van der Waals surface area contributed by atoms with Crippen LogP contribution in [-0.4, -0.2) is 35.5 Å². The van der Waals surface area contributed by atoms with Gasteiger partial charge in [0.15, 0.2) is 14.9 Å². The molecule has 13 heteroatoms. The number of carbonyl (C=O) groups is 1. The first-order valence-corrected chi connectivity index (χ1v) is 11.4. The van der Waals surface area contributed by atoms with Gasteiger partial charge in [0.25, 0.3) is 0 Å². The van der Waals surface area contributed by atoms with Gasteiger partial charge < -0.3 is 16.0 Å². The summed E-state index contributed by atoms with van der Waals surface area (Å²) in [5.74, 6) is -0.738. The van der Waals surface area contributed by atoms with E-state index in [0.717, 1.165) is 11.8 Å². The Labute approximate surface area is 186 Å². The van der Waals surface area contributed by atoms with Crippen LogP contribution in [0.15, 0.2) is 47.6 Å². The van der Waals surface area contributed by atoms with Crippen molar-refractivity contribution in [3.05, 3.63) is 59.4 Å². The van der Waals surface area contributed by atoms with Crippen molar-refractivity contribution in [3.8, 4) is 0 Å². The molecule has 3 N–H and O–H groups in total. The molecule has 0 saturated carbocycles. The molecule has 0 fully saturated rings. The van der Waals surface area contributed by atoms with Crippen LogP contribution >= 0.6 is 0 Å². The summed E-state index contributed by atoms with van der Waals surface area (Å²) >= 11 is 0. The van der Waals surface area contributed by atoms with Gasteiger partial charge in [0, 0.05) is 23.8 Å². The van der Waals surface area contributed by atoms with Crippen LogP contribution in [0.4, 0.5) is 36.3 Å². The molecule has 2 aromatic heterocycles. The second-order valence-corrected chi connectivity index (χ2v) is 9.23. The van der Waals surface area contributed by atoms with Crippen LogP contribution in [-0.2, 0) is 33.8 Å². The van der Waals surface area contributed by atoms with E-state index in [1.165, 1.54) is 18.2 Å². The number of nitrogens with one attached hydrogen (secondary N) is 3. The fourth-order valence-corrected chi connectivity index (χ4v) is 3.77. The van der Waals surface area contributed by atoms with E-state index >= 15 is 0 Å². The highest BCUT2D eigenvalue weighted by atomic mass is 32.2. The highest BCUT2D eigenvalue weighted by molar-refractivity contribution is 7.90. The number of alkyl halides is 3. The van der Waals surface area contributed by atoms with E-state index in [1.54, 1.807) is 18.2 Å². The van der Waals surface area contributed by atoms with Crippen LogP contribution in [0.3, 0.4) is 0 Å². The number of benzene rings is 1. The monoisotopic (exact) mass is 478 g/mol. The van der Waals surface area contributed by atoms with E-state index in [4.69, 9.17) is 0 Å². The summed E-state index contributed by atoms with van der Waals surface area (Å²) in [6.07, 6.45) is -2.88. The molecular formula is C20H17F3N6O3S. The summed E-state index contributed by atoms with van der Waals surface area (Å²) in [5, 5.41) is 7.90. The van der Waals surface area contributed by atoms with E-state index in [2.05, 4.69) is 30.9 Å². The predicted octanol–water partition coefficient (Wildman–Crippen LogP) is 3.14. The SMILES string of the molecule is CS(=O)(=O)c1cccc(CNc2nc(Nc3ccc4c(c3)CC(=O)N4)ncc2C(F)(F)F)n1. The van der Waals surface area contributed by atoms with Crippen LogP contribution in [0.1, 0.15) is 16.8 Å². The van der Waals surface area contributed by atoms with Crippen LogP contribution in [0.2, 0.25) is 0 Å². The largest absolute Gasteiger partial charge is 0.421 e. The molecule has 3 heterocycles. The molecule has 0 spiro atoms. The Balaban J connectivity index is 1.58. The zero-order valence-electron chi connectivity index (χ0n) is 17.1. The van der Waals surface area contributed by atoms with Gasteiger partial charge in [0.1, 0.15) is 11.4 Å². The van der Waals surface area contributed by atoms with Crippen LogP contribution in [0.25, 0.3) is 0 Å². The normalized spacial score (nSPS) is 13.4. The summed E-state index contributed by atoms with van der Waals surface area (Å²) < 4.78 is 63.7. The van der Waals surface area contributed by atoms with E-state index in [9.17, 15) is 26.4 Å². The van der Waals surface area contributed by atoms with Crippen molar-refractivity contribution >= 4 is 38.9 Å². The van der Waals surface area contributed by atoms with Crippen molar-refractivity contribution in [2.24, 2.45) is 0 Å². The quantitative estimate of drug-likeness (QED) is 0.493. The molecule has 1 aliphatic heterocycles. The fourth-order valence-electron chi connectivity index (χ4n) is 3.16. The number of hydrogen-bond acceptors (Lipinski definition) is 8. The lowest BCUT2D eigenvalue weighted by Gasteiger charge is -2.15. The lowest BCUT2D eigenvalue weighted by atomic mass is 10.1. The molecule has 4 rings (SSSR count).